The van der Waals surface area contributed by atoms with Crippen LogP contribution in [-0.4, -0.2) is 6.54 Å². The molecule has 114 valence electrons. The van der Waals surface area contributed by atoms with E-state index in [0.29, 0.717) is 12.0 Å². The van der Waals surface area contributed by atoms with Crippen LogP contribution in [0.2, 0.25) is 5.02 Å². The van der Waals surface area contributed by atoms with Crippen molar-refractivity contribution in [1.29, 1.82) is 0 Å². The average molecular weight is 330 g/mol. The van der Waals surface area contributed by atoms with E-state index in [-0.39, 0.29) is 6.04 Å². The lowest BCUT2D eigenvalue weighted by Crippen LogP contribution is -2.23. The lowest BCUT2D eigenvalue weighted by Gasteiger charge is -2.18. The molecule has 1 nitrogen and oxygen atoms in total. The van der Waals surface area contributed by atoms with E-state index >= 15 is 0 Å². The second kappa shape index (κ2) is 7.34. The van der Waals surface area contributed by atoms with Gasteiger partial charge in [0.2, 0.25) is 0 Å². The first-order valence-electron chi connectivity index (χ1n) is 6.93. The summed E-state index contributed by atoms with van der Waals surface area (Å²) in [4.78, 5) is 1.02. The average Bonchev–Trinajstić information content (AvgIpc) is 2.74. The van der Waals surface area contributed by atoms with E-state index in [1.54, 1.807) is 11.3 Å². The SMILES string of the molecule is CCCNC(Cc1cc(F)cc(F)c1)c1scc(C)c1Cl. The van der Waals surface area contributed by atoms with Crippen LogP contribution in [0.25, 0.3) is 0 Å². The molecule has 0 fully saturated rings. The van der Waals surface area contributed by atoms with Gasteiger partial charge in [0.05, 0.1) is 5.02 Å². The molecule has 0 aliphatic carbocycles. The van der Waals surface area contributed by atoms with E-state index in [4.69, 9.17) is 11.6 Å². The zero-order valence-electron chi connectivity index (χ0n) is 12.1. The van der Waals surface area contributed by atoms with Crippen molar-refractivity contribution in [2.45, 2.75) is 32.7 Å². The highest BCUT2D eigenvalue weighted by molar-refractivity contribution is 7.10. The number of aryl methyl sites for hydroxylation is 1. The molecule has 0 spiro atoms. The molecule has 1 aromatic heterocycles. The van der Waals surface area contributed by atoms with Gasteiger partial charge in [-0.3, -0.25) is 0 Å². The van der Waals surface area contributed by atoms with E-state index < -0.39 is 11.6 Å². The quantitative estimate of drug-likeness (QED) is 0.761. The van der Waals surface area contributed by atoms with Crippen LogP contribution in [0, 0.1) is 18.6 Å². The molecule has 0 radical (unpaired) electrons. The topological polar surface area (TPSA) is 12.0 Å². The lowest BCUT2D eigenvalue weighted by molar-refractivity contribution is 0.529. The van der Waals surface area contributed by atoms with Gasteiger partial charge in [0, 0.05) is 17.0 Å². The van der Waals surface area contributed by atoms with Crippen molar-refractivity contribution in [2.24, 2.45) is 0 Å². The van der Waals surface area contributed by atoms with Crippen LogP contribution in [0.4, 0.5) is 8.78 Å². The van der Waals surface area contributed by atoms with Crippen LogP contribution < -0.4 is 5.32 Å². The normalized spacial score (nSPS) is 12.6. The summed E-state index contributed by atoms with van der Waals surface area (Å²) in [5.74, 6) is -1.10. The fraction of sp³-hybridized carbons (Fsp3) is 0.375. The first-order chi connectivity index (χ1) is 10.0. The summed E-state index contributed by atoms with van der Waals surface area (Å²) >= 11 is 7.91. The van der Waals surface area contributed by atoms with Crippen molar-refractivity contribution >= 4 is 22.9 Å². The van der Waals surface area contributed by atoms with Gasteiger partial charge in [-0.05, 0) is 54.9 Å². The molecule has 1 heterocycles. The summed E-state index contributed by atoms with van der Waals surface area (Å²) in [6.07, 6.45) is 1.49. The predicted octanol–water partition coefficient (Wildman–Crippen LogP) is 5.27. The third-order valence-corrected chi connectivity index (χ3v) is 5.07. The molecular weight excluding hydrogens is 312 g/mol. The van der Waals surface area contributed by atoms with Crippen molar-refractivity contribution in [1.82, 2.24) is 5.32 Å². The van der Waals surface area contributed by atoms with Crippen molar-refractivity contribution in [2.75, 3.05) is 6.54 Å². The summed E-state index contributed by atoms with van der Waals surface area (Å²) in [5.41, 5.74) is 1.66. The van der Waals surface area contributed by atoms with E-state index in [2.05, 4.69) is 12.2 Å². The molecule has 0 aliphatic rings. The Labute approximate surface area is 133 Å². The summed E-state index contributed by atoms with van der Waals surface area (Å²) in [6.45, 7) is 4.87. The molecule has 21 heavy (non-hydrogen) atoms. The highest BCUT2D eigenvalue weighted by Gasteiger charge is 2.18. The van der Waals surface area contributed by atoms with Gasteiger partial charge in [0.1, 0.15) is 11.6 Å². The van der Waals surface area contributed by atoms with Crippen LogP contribution in [-0.2, 0) is 6.42 Å². The molecule has 5 heteroatoms. The maximum absolute atomic E-state index is 13.3. The molecule has 1 N–H and O–H groups in total. The third kappa shape index (κ3) is 4.25. The van der Waals surface area contributed by atoms with Gasteiger partial charge in [0.25, 0.3) is 0 Å². The van der Waals surface area contributed by atoms with Gasteiger partial charge in [-0.25, -0.2) is 8.78 Å². The molecular formula is C16H18ClF2NS. The molecule has 0 saturated heterocycles. The van der Waals surface area contributed by atoms with Gasteiger partial charge >= 0.3 is 0 Å². The highest BCUT2D eigenvalue weighted by atomic mass is 35.5. The molecule has 0 aliphatic heterocycles. The monoisotopic (exact) mass is 329 g/mol. The Kier molecular flexibility index (Phi) is 5.73. The van der Waals surface area contributed by atoms with Crippen LogP contribution in [0.3, 0.4) is 0 Å². The number of benzene rings is 1. The Morgan fingerprint density at radius 1 is 1.24 bits per heavy atom. The Morgan fingerprint density at radius 2 is 1.90 bits per heavy atom. The third-order valence-electron chi connectivity index (χ3n) is 3.24. The molecule has 1 aromatic carbocycles. The highest BCUT2D eigenvalue weighted by Crippen LogP contribution is 2.34. The van der Waals surface area contributed by atoms with E-state index in [9.17, 15) is 8.78 Å². The maximum atomic E-state index is 13.3. The van der Waals surface area contributed by atoms with Crippen molar-refractivity contribution in [3.05, 3.63) is 56.2 Å². The number of halogens is 3. The fourth-order valence-electron chi connectivity index (χ4n) is 2.23. The molecule has 0 bridgehead atoms. The van der Waals surface area contributed by atoms with Gasteiger partial charge in [-0.15, -0.1) is 11.3 Å². The van der Waals surface area contributed by atoms with Gasteiger partial charge in [-0.1, -0.05) is 18.5 Å². The summed E-state index contributed by atoms with van der Waals surface area (Å²) < 4.78 is 26.7. The molecule has 2 rings (SSSR count). The lowest BCUT2D eigenvalue weighted by atomic mass is 10.0. The summed E-state index contributed by atoms with van der Waals surface area (Å²) in [6, 6.07) is 3.61. The fourth-order valence-corrected chi connectivity index (χ4v) is 3.63. The van der Waals surface area contributed by atoms with Crippen molar-refractivity contribution in [3.8, 4) is 0 Å². The first-order valence-corrected chi connectivity index (χ1v) is 8.18. The Balaban J connectivity index is 2.25. The summed E-state index contributed by atoms with van der Waals surface area (Å²) in [7, 11) is 0. The van der Waals surface area contributed by atoms with Gasteiger partial charge < -0.3 is 5.32 Å². The number of hydrogen-bond donors (Lipinski definition) is 1. The smallest absolute Gasteiger partial charge is 0.126 e. The zero-order valence-corrected chi connectivity index (χ0v) is 13.6. The largest absolute Gasteiger partial charge is 0.309 e. The predicted molar refractivity (Wildman–Crippen MR) is 85.2 cm³/mol. The zero-order chi connectivity index (χ0) is 15.4. The minimum Gasteiger partial charge on any atom is -0.309 e. The van der Waals surface area contributed by atoms with Crippen molar-refractivity contribution < 1.29 is 8.78 Å². The summed E-state index contributed by atoms with van der Waals surface area (Å²) in [5, 5.41) is 6.15. The maximum Gasteiger partial charge on any atom is 0.126 e. The Hall–Kier alpha value is -0.970. The standard InChI is InChI=1S/C16H18ClF2NS/c1-3-4-20-14(16-15(17)10(2)9-21-16)7-11-5-12(18)8-13(19)6-11/h5-6,8-9,14,20H,3-4,7H2,1-2H3. The number of nitrogens with one attached hydrogen (secondary N) is 1. The van der Waals surface area contributed by atoms with Gasteiger partial charge in [0.15, 0.2) is 0 Å². The first kappa shape index (κ1) is 16.4. The second-order valence-electron chi connectivity index (χ2n) is 5.09. The number of hydrogen-bond acceptors (Lipinski definition) is 2. The molecule has 0 saturated carbocycles. The number of thiophene rings is 1. The van der Waals surface area contributed by atoms with Crippen molar-refractivity contribution in [3.63, 3.8) is 0 Å². The van der Waals surface area contributed by atoms with Crippen LogP contribution in [0.1, 0.15) is 35.4 Å². The minimum atomic E-state index is -0.548. The number of rotatable bonds is 6. The Morgan fingerprint density at radius 3 is 2.43 bits per heavy atom. The minimum absolute atomic E-state index is 0.0302. The van der Waals surface area contributed by atoms with Gasteiger partial charge in [-0.2, -0.15) is 0 Å². The van der Waals surface area contributed by atoms with Crippen LogP contribution >= 0.6 is 22.9 Å². The molecule has 2 aromatic rings. The Bertz CT molecular complexity index is 592. The van der Waals surface area contributed by atoms with E-state index in [1.165, 1.54) is 12.1 Å². The van der Waals surface area contributed by atoms with E-state index in [0.717, 1.165) is 34.5 Å². The van der Waals surface area contributed by atoms with Crippen LogP contribution in [0.5, 0.6) is 0 Å². The molecule has 0 amide bonds. The molecule has 1 atom stereocenters. The van der Waals surface area contributed by atoms with E-state index in [1.807, 2.05) is 12.3 Å². The second-order valence-corrected chi connectivity index (χ2v) is 6.37. The molecule has 1 unspecified atom stereocenters. The van der Waals surface area contributed by atoms with Crippen LogP contribution in [0.15, 0.2) is 23.6 Å².